The number of rotatable bonds is 9. The minimum Gasteiger partial charge on any atom is -0.494 e. The number of benzene rings is 2. The maximum absolute atomic E-state index is 11.9. The van der Waals surface area contributed by atoms with Crippen molar-refractivity contribution >= 4 is 39.9 Å². The molecular weight excluding hydrogens is 458 g/mol. The van der Waals surface area contributed by atoms with E-state index < -0.39 is 0 Å². The molecule has 0 saturated heterocycles. The predicted molar refractivity (Wildman–Crippen MR) is 143 cm³/mol. The molecule has 2 heterocycles. The monoisotopic (exact) mass is 489 g/mol. The number of aromatic amines is 1. The van der Waals surface area contributed by atoms with E-state index in [1.54, 1.807) is 25.4 Å². The van der Waals surface area contributed by atoms with Gasteiger partial charge in [0.25, 0.3) is 0 Å². The molecule has 2 aromatic carbocycles. The van der Waals surface area contributed by atoms with Crippen LogP contribution in [0.25, 0.3) is 22.2 Å². The summed E-state index contributed by atoms with van der Waals surface area (Å²) in [5.74, 6) is 0.650. The lowest BCUT2D eigenvalue weighted by atomic mass is 10.1. The van der Waals surface area contributed by atoms with E-state index in [2.05, 4.69) is 25.1 Å². The molecule has 0 saturated carbocycles. The fraction of sp³-hybridized carbons (Fsp3) is 0.269. The van der Waals surface area contributed by atoms with E-state index in [4.69, 9.17) is 20.2 Å². The molecule has 188 valence electrons. The van der Waals surface area contributed by atoms with Crippen molar-refractivity contribution in [2.45, 2.75) is 0 Å². The third-order valence-corrected chi connectivity index (χ3v) is 5.92. The van der Waals surface area contributed by atoms with Crippen LogP contribution in [-0.4, -0.2) is 74.3 Å². The van der Waals surface area contributed by atoms with Crippen molar-refractivity contribution in [1.29, 1.82) is 0 Å². The van der Waals surface area contributed by atoms with Crippen LogP contribution in [0.1, 0.15) is 10.4 Å². The first-order valence-corrected chi connectivity index (χ1v) is 11.4. The second-order valence-corrected chi connectivity index (χ2v) is 8.68. The van der Waals surface area contributed by atoms with Gasteiger partial charge in [0.1, 0.15) is 5.75 Å². The Morgan fingerprint density at radius 1 is 1.11 bits per heavy atom. The number of nitrogen functional groups attached to an aromatic ring is 1. The Bertz CT molecular complexity index is 1380. The highest BCUT2D eigenvalue weighted by Crippen LogP contribution is 2.36. The molecule has 10 nitrogen and oxygen atoms in total. The highest BCUT2D eigenvalue weighted by atomic mass is 16.5. The number of nitrogens with two attached hydrogens (primary N) is 1. The van der Waals surface area contributed by atoms with Gasteiger partial charge in [-0.15, -0.1) is 0 Å². The Labute approximate surface area is 210 Å². The molecule has 10 heteroatoms. The lowest BCUT2D eigenvalue weighted by Crippen LogP contribution is -2.29. The van der Waals surface area contributed by atoms with E-state index in [0.29, 0.717) is 28.6 Å². The number of carbonyl (C=O) groups is 1. The average Bonchev–Trinajstić information content (AvgIpc) is 3.30. The summed E-state index contributed by atoms with van der Waals surface area (Å²) in [7, 11) is 9.06. The van der Waals surface area contributed by atoms with E-state index >= 15 is 0 Å². The molecule has 0 aliphatic heterocycles. The number of fused-ring (bicyclic) bond motifs is 1. The SMILES string of the molecule is COC(=O)c1ccc2c(-c3ccnc(Nc4cc(N)c(N(C)CCN(C)C)cc4OC)n3)c[nH]c2c1. The van der Waals surface area contributed by atoms with E-state index in [-0.39, 0.29) is 5.97 Å². The maximum Gasteiger partial charge on any atom is 0.337 e. The van der Waals surface area contributed by atoms with Crippen molar-refractivity contribution in [1.82, 2.24) is 19.9 Å². The van der Waals surface area contributed by atoms with Crippen LogP contribution in [0.4, 0.5) is 23.0 Å². The number of nitrogens with zero attached hydrogens (tertiary/aromatic N) is 4. The summed E-state index contributed by atoms with van der Waals surface area (Å²) in [5, 5.41) is 4.17. The summed E-state index contributed by atoms with van der Waals surface area (Å²) >= 11 is 0. The number of ether oxygens (including phenoxy) is 2. The van der Waals surface area contributed by atoms with Gasteiger partial charge in [0.05, 0.1) is 42.5 Å². The second kappa shape index (κ2) is 10.5. The number of hydrogen-bond donors (Lipinski definition) is 3. The van der Waals surface area contributed by atoms with Crippen molar-refractivity contribution < 1.29 is 14.3 Å². The van der Waals surface area contributed by atoms with Crippen molar-refractivity contribution in [2.75, 3.05) is 64.4 Å². The van der Waals surface area contributed by atoms with Gasteiger partial charge < -0.3 is 35.3 Å². The number of esters is 1. The number of likely N-dealkylation sites (N-methyl/N-ethyl adjacent to an activating group) is 2. The molecule has 0 atom stereocenters. The first-order valence-electron chi connectivity index (χ1n) is 11.4. The number of aromatic nitrogens is 3. The summed E-state index contributed by atoms with van der Waals surface area (Å²) in [6, 6.07) is 10.9. The van der Waals surface area contributed by atoms with Gasteiger partial charge in [0, 0.05) is 55.1 Å². The van der Waals surface area contributed by atoms with Crippen LogP contribution in [0.3, 0.4) is 0 Å². The fourth-order valence-corrected chi connectivity index (χ4v) is 3.93. The summed E-state index contributed by atoms with van der Waals surface area (Å²) in [6.07, 6.45) is 3.54. The Morgan fingerprint density at radius 3 is 2.64 bits per heavy atom. The normalized spacial score (nSPS) is 11.1. The standard InChI is InChI=1S/C26H31N7O3/c1-32(2)10-11-33(3)23-14-24(35-4)22(13-19(23)27)31-26-28-9-8-20(30-26)18-15-29-21-12-16(25(34)36-5)6-7-17(18)21/h6-9,12-15,29H,10-11,27H2,1-5H3,(H,28,30,31). The minimum atomic E-state index is -0.385. The van der Waals surface area contributed by atoms with Crippen molar-refractivity contribution in [2.24, 2.45) is 0 Å². The zero-order chi connectivity index (χ0) is 25.8. The van der Waals surface area contributed by atoms with Gasteiger partial charge in [-0.2, -0.15) is 0 Å². The van der Waals surface area contributed by atoms with E-state index in [9.17, 15) is 4.79 Å². The molecule has 4 rings (SSSR count). The van der Waals surface area contributed by atoms with Crippen LogP contribution in [0.2, 0.25) is 0 Å². The van der Waals surface area contributed by atoms with Crippen LogP contribution in [0.5, 0.6) is 5.75 Å². The molecule has 4 N–H and O–H groups in total. The molecular formula is C26H31N7O3. The van der Waals surface area contributed by atoms with Crippen LogP contribution < -0.4 is 20.7 Å². The topological polar surface area (TPSA) is 122 Å². The Morgan fingerprint density at radius 2 is 1.92 bits per heavy atom. The Hall–Kier alpha value is -4.31. The first kappa shape index (κ1) is 24.8. The molecule has 4 aromatic rings. The zero-order valence-corrected chi connectivity index (χ0v) is 21.1. The number of hydrogen-bond acceptors (Lipinski definition) is 9. The molecule has 36 heavy (non-hydrogen) atoms. The molecule has 0 fully saturated rings. The van der Waals surface area contributed by atoms with Gasteiger partial charge in [-0.3, -0.25) is 0 Å². The second-order valence-electron chi connectivity index (χ2n) is 8.68. The Balaban J connectivity index is 1.61. The Kier molecular flexibility index (Phi) is 7.25. The van der Waals surface area contributed by atoms with Crippen LogP contribution in [0.15, 0.2) is 48.8 Å². The van der Waals surface area contributed by atoms with Crippen LogP contribution in [-0.2, 0) is 4.74 Å². The molecule has 0 bridgehead atoms. The van der Waals surface area contributed by atoms with Gasteiger partial charge in [0.15, 0.2) is 0 Å². The van der Waals surface area contributed by atoms with Gasteiger partial charge in [-0.1, -0.05) is 6.07 Å². The summed E-state index contributed by atoms with van der Waals surface area (Å²) in [5.41, 5.74) is 11.5. The molecule has 0 radical (unpaired) electrons. The molecule has 0 aliphatic carbocycles. The highest BCUT2D eigenvalue weighted by Gasteiger charge is 2.15. The van der Waals surface area contributed by atoms with Crippen LogP contribution in [0, 0.1) is 0 Å². The van der Waals surface area contributed by atoms with Crippen LogP contribution >= 0.6 is 0 Å². The molecule has 0 unspecified atom stereocenters. The van der Waals surface area contributed by atoms with E-state index in [0.717, 1.165) is 40.9 Å². The highest BCUT2D eigenvalue weighted by molar-refractivity contribution is 5.99. The van der Waals surface area contributed by atoms with Gasteiger partial charge >= 0.3 is 5.97 Å². The molecule has 0 amide bonds. The quantitative estimate of drug-likeness (QED) is 0.238. The largest absolute Gasteiger partial charge is 0.494 e. The number of carbonyl (C=O) groups excluding carboxylic acids is 1. The molecule has 0 aliphatic rings. The summed E-state index contributed by atoms with van der Waals surface area (Å²) < 4.78 is 10.4. The lowest BCUT2D eigenvalue weighted by molar-refractivity contribution is 0.0601. The third kappa shape index (κ3) is 5.18. The van der Waals surface area contributed by atoms with Gasteiger partial charge in [0.2, 0.25) is 5.95 Å². The average molecular weight is 490 g/mol. The van der Waals surface area contributed by atoms with Crippen molar-refractivity contribution in [3.05, 3.63) is 54.4 Å². The predicted octanol–water partition coefficient (Wildman–Crippen LogP) is 3.74. The lowest BCUT2D eigenvalue weighted by Gasteiger charge is -2.24. The van der Waals surface area contributed by atoms with Gasteiger partial charge in [-0.05, 0) is 38.4 Å². The van der Waals surface area contributed by atoms with E-state index in [1.165, 1.54) is 7.11 Å². The third-order valence-electron chi connectivity index (χ3n) is 5.92. The van der Waals surface area contributed by atoms with Gasteiger partial charge in [-0.25, -0.2) is 14.8 Å². The van der Waals surface area contributed by atoms with Crippen molar-refractivity contribution in [3.8, 4) is 17.0 Å². The zero-order valence-electron chi connectivity index (χ0n) is 21.1. The fourth-order valence-electron chi connectivity index (χ4n) is 3.93. The number of H-pyrrole nitrogens is 1. The summed E-state index contributed by atoms with van der Waals surface area (Å²) in [6.45, 7) is 1.72. The van der Waals surface area contributed by atoms with Crippen molar-refractivity contribution in [3.63, 3.8) is 0 Å². The van der Waals surface area contributed by atoms with E-state index in [1.807, 2.05) is 51.6 Å². The minimum absolute atomic E-state index is 0.385. The molecule has 0 spiro atoms. The first-order chi connectivity index (χ1) is 17.3. The smallest absolute Gasteiger partial charge is 0.337 e. The number of methoxy groups -OCH3 is 2. The molecule has 2 aromatic heterocycles. The maximum atomic E-state index is 11.9. The number of nitrogens with one attached hydrogen (secondary N) is 2. The number of anilines is 4. The summed E-state index contributed by atoms with van der Waals surface area (Å²) in [4.78, 5) is 28.4.